The number of allylic oxidation sites excluding steroid dienone is 1. The second-order valence-corrected chi connectivity index (χ2v) is 8.82. The first-order chi connectivity index (χ1) is 15.3. The van der Waals surface area contributed by atoms with E-state index in [9.17, 15) is 19.5 Å². The first-order valence-electron chi connectivity index (χ1n) is 11.4. The average molecular weight is 443 g/mol. The Labute approximate surface area is 189 Å². The molecule has 3 rings (SSSR count). The Balaban J connectivity index is 2.03. The van der Waals surface area contributed by atoms with Crippen molar-refractivity contribution in [2.75, 3.05) is 18.5 Å². The van der Waals surface area contributed by atoms with Crippen LogP contribution in [0.2, 0.25) is 0 Å². The molecule has 0 bridgehead atoms. The Bertz CT molecular complexity index is 891. The van der Waals surface area contributed by atoms with Crippen LogP contribution in [-0.2, 0) is 19.1 Å². The fourth-order valence-corrected chi connectivity index (χ4v) is 5.17. The number of para-hydroxylation sites is 1. The number of aliphatic hydroxyl groups excluding tert-OH is 1. The lowest BCUT2D eigenvalue weighted by Crippen LogP contribution is -2.49. The highest BCUT2D eigenvalue weighted by Crippen LogP contribution is 2.46. The Morgan fingerprint density at radius 2 is 1.84 bits per heavy atom. The second-order valence-electron chi connectivity index (χ2n) is 8.82. The zero-order valence-electron chi connectivity index (χ0n) is 19.5. The van der Waals surface area contributed by atoms with Crippen LogP contribution in [0.4, 0.5) is 5.69 Å². The Kier molecular flexibility index (Phi) is 7.39. The number of likely N-dealkylation sites (tertiary alicyclic amines) is 1. The molecule has 0 radical (unpaired) electrons. The number of carbonyl (C=O) groups excluding carboxylic acids is 3. The van der Waals surface area contributed by atoms with Gasteiger partial charge in [-0.3, -0.25) is 14.4 Å². The van der Waals surface area contributed by atoms with Crippen molar-refractivity contribution in [2.24, 2.45) is 23.7 Å². The van der Waals surface area contributed by atoms with E-state index in [2.05, 4.69) is 5.32 Å². The molecule has 6 atom stereocenters. The van der Waals surface area contributed by atoms with E-state index in [-0.39, 0.29) is 30.9 Å². The minimum absolute atomic E-state index is 0.133. The normalized spacial score (nSPS) is 27.8. The van der Waals surface area contributed by atoms with Gasteiger partial charge in [-0.2, -0.15) is 0 Å². The van der Waals surface area contributed by atoms with Crippen LogP contribution in [0.1, 0.15) is 38.3 Å². The first kappa shape index (κ1) is 24.0. The highest BCUT2D eigenvalue weighted by Gasteiger charge is 2.58. The zero-order valence-corrected chi connectivity index (χ0v) is 19.5. The number of benzene rings is 1. The molecule has 1 fully saturated rings. The van der Waals surface area contributed by atoms with Crippen LogP contribution in [0.25, 0.3) is 0 Å². The van der Waals surface area contributed by atoms with E-state index in [1.54, 1.807) is 13.8 Å². The van der Waals surface area contributed by atoms with Gasteiger partial charge in [0.2, 0.25) is 11.8 Å². The van der Waals surface area contributed by atoms with Crippen LogP contribution in [0.15, 0.2) is 30.4 Å². The van der Waals surface area contributed by atoms with Gasteiger partial charge in [0, 0.05) is 11.6 Å². The number of nitrogens with zero attached hydrogens (tertiary/aromatic N) is 1. The van der Waals surface area contributed by atoms with E-state index in [0.29, 0.717) is 6.42 Å². The van der Waals surface area contributed by atoms with Crippen LogP contribution in [0, 0.1) is 37.5 Å². The summed E-state index contributed by atoms with van der Waals surface area (Å²) in [7, 11) is 0. The molecular weight excluding hydrogens is 408 g/mol. The molecule has 1 aromatic rings. The maximum Gasteiger partial charge on any atom is 0.310 e. The SMILES string of the molecule is CCOC(=O)[C@H]1[C@@H]2C(=O)N([C@H](C)CO)[C@H](C(=O)Nc3c(C)cccc3C)[C@H]2C=C[C@H]1CC. The molecule has 7 nitrogen and oxygen atoms in total. The van der Waals surface area contributed by atoms with Crippen molar-refractivity contribution in [1.82, 2.24) is 4.90 Å². The number of hydrogen-bond acceptors (Lipinski definition) is 5. The number of esters is 1. The zero-order chi connectivity index (χ0) is 23.6. The summed E-state index contributed by atoms with van der Waals surface area (Å²) in [5.74, 6) is -2.94. The number of rotatable bonds is 7. The molecule has 1 aliphatic heterocycles. The van der Waals surface area contributed by atoms with Gasteiger partial charge in [0.15, 0.2) is 0 Å². The van der Waals surface area contributed by atoms with Crippen molar-refractivity contribution >= 4 is 23.5 Å². The summed E-state index contributed by atoms with van der Waals surface area (Å²) in [6, 6.07) is 4.39. The number of ether oxygens (including phenoxy) is 1. The summed E-state index contributed by atoms with van der Waals surface area (Å²) in [6.07, 6.45) is 4.54. The molecule has 1 aromatic carbocycles. The number of carbonyl (C=O) groups is 3. The quantitative estimate of drug-likeness (QED) is 0.500. The van der Waals surface area contributed by atoms with Gasteiger partial charge in [0.05, 0.1) is 31.1 Å². The van der Waals surface area contributed by atoms with E-state index in [0.717, 1.165) is 16.8 Å². The Morgan fingerprint density at radius 3 is 2.41 bits per heavy atom. The number of aliphatic hydroxyl groups is 1. The van der Waals surface area contributed by atoms with Gasteiger partial charge < -0.3 is 20.1 Å². The van der Waals surface area contributed by atoms with Gasteiger partial charge in [0.1, 0.15) is 6.04 Å². The molecule has 0 unspecified atom stereocenters. The number of amides is 2. The van der Waals surface area contributed by atoms with Crippen molar-refractivity contribution in [2.45, 2.75) is 53.1 Å². The second kappa shape index (κ2) is 9.86. The lowest BCUT2D eigenvalue weighted by Gasteiger charge is -2.33. The van der Waals surface area contributed by atoms with Crippen molar-refractivity contribution in [3.63, 3.8) is 0 Å². The van der Waals surface area contributed by atoms with Crippen molar-refractivity contribution < 1.29 is 24.2 Å². The van der Waals surface area contributed by atoms with Crippen LogP contribution >= 0.6 is 0 Å². The number of anilines is 1. The molecule has 174 valence electrons. The number of nitrogens with one attached hydrogen (secondary N) is 1. The smallest absolute Gasteiger partial charge is 0.310 e. The van der Waals surface area contributed by atoms with Gasteiger partial charge >= 0.3 is 5.97 Å². The van der Waals surface area contributed by atoms with Gasteiger partial charge in [-0.1, -0.05) is 37.3 Å². The molecule has 0 saturated carbocycles. The van der Waals surface area contributed by atoms with Crippen LogP contribution in [0.3, 0.4) is 0 Å². The molecule has 1 aliphatic carbocycles. The number of aryl methyl sites for hydroxylation is 2. The minimum Gasteiger partial charge on any atom is -0.466 e. The third kappa shape index (κ3) is 4.18. The van der Waals surface area contributed by atoms with E-state index < -0.39 is 35.8 Å². The molecule has 32 heavy (non-hydrogen) atoms. The van der Waals surface area contributed by atoms with Crippen LogP contribution < -0.4 is 5.32 Å². The maximum absolute atomic E-state index is 13.6. The fraction of sp³-hybridized carbons (Fsp3) is 0.560. The average Bonchev–Trinajstić information content (AvgIpc) is 3.07. The summed E-state index contributed by atoms with van der Waals surface area (Å²) >= 11 is 0. The molecule has 0 spiro atoms. The lowest BCUT2D eigenvalue weighted by atomic mass is 9.69. The van der Waals surface area contributed by atoms with E-state index in [1.807, 2.05) is 51.1 Å². The molecule has 1 heterocycles. The molecule has 0 aromatic heterocycles. The van der Waals surface area contributed by atoms with Crippen molar-refractivity contribution in [1.29, 1.82) is 0 Å². The first-order valence-corrected chi connectivity index (χ1v) is 11.4. The van der Waals surface area contributed by atoms with Crippen LogP contribution in [-0.4, -0.2) is 53.1 Å². The largest absolute Gasteiger partial charge is 0.466 e. The Hall–Kier alpha value is -2.67. The number of fused-ring (bicyclic) bond motifs is 1. The third-order valence-corrected chi connectivity index (χ3v) is 6.81. The van der Waals surface area contributed by atoms with Gasteiger partial charge in [-0.05, 0) is 51.2 Å². The summed E-state index contributed by atoms with van der Waals surface area (Å²) in [4.78, 5) is 41.5. The standard InChI is InChI=1S/C25H34N2O5/c1-6-17-11-12-18-20(19(17)25(31)32-7-2)24(30)27(16(5)13-28)22(18)23(29)26-21-14(3)9-8-10-15(21)4/h8-12,16-20,22,28H,6-7,13H2,1-5H3,(H,26,29)/t16-,17-,18+,19-,20-,22+/m1/s1. The lowest BCUT2D eigenvalue weighted by molar-refractivity contribution is -0.156. The van der Waals surface area contributed by atoms with E-state index >= 15 is 0 Å². The van der Waals surface area contributed by atoms with Gasteiger partial charge in [0.25, 0.3) is 0 Å². The molecule has 2 aliphatic rings. The molecule has 7 heteroatoms. The van der Waals surface area contributed by atoms with E-state index in [1.165, 1.54) is 4.90 Å². The van der Waals surface area contributed by atoms with E-state index in [4.69, 9.17) is 4.74 Å². The van der Waals surface area contributed by atoms with Crippen LogP contribution in [0.5, 0.6) is 0 Å². The highest BCUT2D eigenvalue weighted by atomic mass is 16.5. The van der Waals surface area contributed by atoms with Crippen molar-refractivity contribution in [3.05, 3.63) is 41.5 Å². The molecule has 1 saturated heterocycles. The fourth-order valence-electron chi connectivity index (χ4n) is 5.17. The van der Waals surface area contributed by atoms with Gasteiger partial charge in [-0.15, -0.1) is 0 Å². The maximum atomic E-state index is 13.6. The Morgan fingerprint density at radius 1 is 1.19 bits per heavy atom. The highest BCUT2D eigenvalue weighted by molar-refractivity contribution is 6.02. The summed E-state index contributed by atoms with van der Waals surface area (Å²) in [6.45, 7) is 9.23. The van der Waals surface area contributed by atoms with Gasteiger partial charge in [-0.25, -0.2) is 0 Å². The third-order valence-electron chi connectivity index (χ3n) is 6.81. The predicted molar refractivity (Wildman–Crippen MR) is 122 cm³/mol. The number of hydrogen-bond donors (Lipinski definition) is 2. The monoisotopic (exact) mass is 442 g/mol. The topological polar surface area (TPSA) is 95.9 Å². The summed E-state index contributed by atoms with van der Waals surface area (Å²) < 4.78 is 5.32. The summed E-state index contributed by atoms with van der Waals surface area (Å²) in [5.41, 5.74) is 2.57. The predicted octanol–water partition coefficient (Wildman–Crippen LogP) is 2.84. The molecule has 2 amide bonds. The van der Waals surface area contributed by atoms with Crippen molar-refractivity contribution in [3.8, 4) is 0 Å². The molecular formula is C25H34N2O5. The minimum atomic E-state index is -0.820. The summed E-state index contributed by atoms with van der Waals surface area (Å²) in [5, 5.41) is 12.9. The molecule has 2 N–H and O–H groups in total.